The van der Waals surface area contributed by atoms with Crippen LogP contribution < -0.4 is 5.32 Å². The summed E-state index contributed by atoms with van der Waals surface area (Å²) in [5.41, 5.74) is 0. The van der Waals surface area contributed by atoms with Crippen LogP contribution in [0, 0.1) is 5.92 Å². The molecule has 0 saturated carbocycles. The van der Waals surface area contributed by atoms with Gasteiger partial charge in [-0.3, -0.25) is 4.99 Å². The molecule has 1 unspecified atom stereocenters. The summed E-state index contributed by atoms with van der Waals surface area (Å²) >= 11 is 0. The molecule has 2 aliphatic heterocycles. The molecule has 0 aromatic carbocycles. The molecule has 2 rings (SSSR count). The Balaban J connectivity index is 1.62. The fourth-order valence-electron chi connectivity index (χ4n) is 3.57. The highest BCUT2D eigenvalue weighted by atomic mass is 16.5. The molecule has 1 atom stereocenters. The van der Waals surface area contributed by atoms with Crippen molar-refractivity contribution in [1.29, 1.82) is 0 Å². The van der Waals surface area contributed by atoms with Gasteiger partial charge in [-0.15, -0.1) is 0 Å². The standard InChI is InChI=1S/C18H36N4O2/c1-19-18(20-8-12-21-9-5-3-4-6-10-21)22-11-7-17(15-22)16-24-14-13-23-2/h17H,3-16H2,1-2H3,(H,19,20). The monoisotopic (exact) mass is 340 g/mol. The van der Waals surface area contributed by atoms with Crippen molar-refractivity contribution >= 4 is 5.96 Å². The normalized spacial score (nSPS) is 23.5. The van der Waals surface area contributed by atoms with Crippen molar-refractivity contribution in [3.8, 4) is 0 Å². The van der Waals surface area contributed by atoms with Gasteiger partial charge >= 0.3 is 0 Å². The number of methoxy groups -OCH3 is 1. The predicted molar refractivity (Wildman–Crippen MR) is 98.6 cm³/mol. The number of nitrogens with zero attached hydrogens (tertiary/aromatic N) is 3. The smallest absolute Gasteiger partial charge is 0.193 e. The van der Waals surface area contributed by atoms with Crippen LogP contribution in [0.1, 0.15) is 32.1 Å². The molecule has 0 bridgehead atoms. The van der Waals surface area contributed by atoms with Crippen LogP contribution in [0.3, 0.4) is 0 Å². The van der Waals surface area contributed by atoms with Gasteiger partial charge in [0.25, 0.3) is 0 Å². The number of aliphatic imine (C=N–C) groups is 1. The quantitative estimate of drug-likeness (QED) is 0.411. The second-order valence-corrected chi connectivity index (χ2v) is 6.90. The van der Waals surface area contributed by atoms with E-state index >= 15 is 0 Å². The van der Waals surface area contributed by atoms with Crippen molar-refractivity contribution in [1.82, 2.24) is 15.1 Å². The van der Waals surface area contributed by atoms with Crippen LogP contribution in [0.2, 0.25) is 0 Å². The first kappa shape index (κ1) is 19.5. The maximum atomic E-state index is 5.67. The van der Waals surface area contributed by atoms with Crippen molar-refractivity contribution in [3.63, 3.8) is 0 Å². The van der Waals surface area contributed by atoms with Gasteiger partial charge in [-0.05, 0) is 32.4 Å². The molecule has 1 N–H and O–H groups in total. The number of guanidine groups is 1. The zero-order valence-corrected chi connectivity index (χ0v) is 15.6. The lowest BCUT2D eigenvalue weighted by atomic mass is 10.1. The molecule has 0 aliphatic carbocycles. The number of likely N-dealkylation sites (tertiary alicyclic amines) is 2. The van der Waals surface area contributed by atoms with E-state index in [9.17, 15) is 0 Å². The molecule has 2 heterocycles. The topological polar surface area (TPSA) is 49.3 Å². The molecule has 140 valence electrons. The zero-order chi connectivity index (χ0) is 17.0. The van der Waals surface area contributed by atoms with E-state index in [4.69, 9.17) is 9.47 Å². The number of ether oxygens (including phenoxy) is 2. The molecule has 2 fully saturated rings. The Morgan fingerprint density at radius 1 is 1.12 bits per heavy atom. The minimum atomic E-state index is 0.603. The van der Waals surface area contributed by atoms with Crippen LogP contribution in [0.15, 0.2) is 4.99 Å². The molecule has 2 aliphatic rings. The van der Waals surface area contributed by atoms with E-state index in [-0.39, 0.29) is 0 Å². The molecule has 0 aromatic rings. The van der Waals surface area contributed by atoms with E-state index in [0.29, 0.717) is 19.1 Å². The van der Waals surface area contributed by atoms with Crippen molar-refractivity contribution in [2.24, 2.45) is 10.9 Å². The van der Waals surface area contributed by atoms with E-state index < -0.39 is 0 Å². The Morgan fingerprint density at radius 2 is 1.92 bits per heavy atom. The van der Waals surface area contributed by atoms with Crippen LogP contribution in [-0.2, 0) is 9.47 Å². The Morgan fingerprint density at radius 3 is 2.62 bits per heavy atom. The number of hydrogen-bond donors (Lipinski definition) is 1. The minimum absolute atomic E-state index is 0.603. The van der Waals surface area contributed by atoms with Crippen LogP contribution in [0.5, 0.6) is 0 Å². The Kier molecular flexibility index (Phi) is 9.46. The van der Waals surface area contributed by atoms with Crippen molar-refractivity contribution in [2.75, 3.05) is 73.2 Å². The SMILES string of the molecule is CN=C(NCCN1CCCCCC1)N1CCC(COCCOC)C1. The molecule has 0 spiro atoms. The van der Waals surface area contributed by atoms with Crippen molar-refractivity contribution in [3.05, 3.63) is 0 Å². The number of hydrogen-bond acceptors (Lipinski definition) is 4. The van der Waals surface area contributed by atoms with E-state index in [0.717, 1.165) is 38.7 Å². The van der Waals surface area contributed by atoms with Gasteiger partial charge in [-0.25, -0.2) is 0 Å². The highest BCUT2D eigenvalue weighted by Crippen LogP contribution is 2.16. The fourth-order valence-corrected chi connectivity index (χ4v) is 3.57. The Hall–Kier alpha value is -0.850. The molecule has 2 saturated heterocycles. The molecule has 6 nitrogen and oxygen atoms in total. The summed E-state index contributed by atoms with van der Waals surface area (Å²) in [5, 5.41) is 3.55. The average molecular weight is 341 g/mol. The van der Waals surface area contributed by atoms with Gasteiger partial charge < -0.3 is 24.6 Å². The molecule has 0 aromatic heterocycles. The molecule has 0 amide bonds. The molecule has 24 heavy (non-hydrogen) atoms. The summed E-state index contributed by atoms with van der Waals surface area (Å²) in [6, 6.07) is 0. The largest absolute Gasteiger partial charge is 0.382 e. The Labute approximate surface area is 147 Å². The van der Waals surface area contributed by atoms with Gasteiger partial charge in [-0.2, -0.15) is 0 Å². The van der Waals surface area contributed by atoms with E-state index in [1.807, 2.05) is 7.05 Å². The number of rotatable bonds is 8. The van der Waals surface area contributed by atoms with E-state index in [1.54, 1.807) is 7.11 Å². The second-order valence-electron chi connectivity index (χ2n) is 6.90. The third-order valence-electron chi connectivity index (χ3n) is 4.99. The van der Waals surface area contributed by atoms with E-state index in [2.05, 4.69) is 20.1 Å². The van der Waals surface area contributed by atoms with Gasteiger partial charge in [-0.1, -0.05) is 12.8 Å². The van der Waals surface area contributed by atoms with Crippen LogP contribution in [0.4, 0.5) is 0 Å². The van der Waals surface area contributed by atoms with Crippen molar-refractivity contribution in [2.45, 2.75) is 32.1 Å². The highest BCUT2D eigenvalue weighted by molar-refractivity contribution is 5.80. The lowest BCUT2D eigenvalue weighted by Crippen LogP contribution is -2.43. The minimum Gasteiger partial charge on any atom is -0.382 e. The third-order valence-corrected chi connectivity index (χ3v) is 4.99. The number of nitrogens with one attached hydrogen (secondary N) is 1. The lowest BCUT2D eigenvalue weighted by Gasteiger charge is -2.24. The maximum Gasteiger partial charge on any atom is 0.193 e. The van der Waals surface area contributed by atoms with E-state index in [1.165, 1.54) is 45.2 Å². The lowest BCUT2D eigenvalue weighted by molar-refractivity contribution is 0.0536. The second kappa shape index (κ2) is 11.7. The maximum absolute atomic E-state index is 5.67. The first-order chi connectivity index (χ1) is 11.8. The summed E-state index contributed by atoms with van der Waals surface area (Å²) in [4.78, 5) is 9.42. The Bertz CT molecular complexity index is 357. The van der Waals surface area contributed by atoms with Gasteiger partial charge in [0, 0.05) is 46.3 Å². The highest BCUT2D eigenvalue weighted by Gasteiger charge is 2.24. The molecule has 0 radical (unpaired) electrons. The van der Waals surface area contributed by atoms with Gasteiger partial charge in [0.1, 0.15) is 0 Å². The van der Waals surface area contributed by atoms with Gasteiger partial charge in [0.05, 0.1) is 19.8 Å². The zero-order valence-electron chi connectivity index (χ0n) is 15.6. The third kappa shape index (κ3) is 6.95. The average Bonchev–Trinajstić information content (AvgIpc) is 2.91. The predicted octanol–water partition coefficient (Wildman–Crippen LogP) is 1.42. The molecular weight excluding hydrogens is 304 g/mol. The molecular formula is C18H36N4O2. The van der Waals surface area contributed by atoms with Crippen LogP contribution >= 0.6 is 0 Å². The summed E-state index contributed by atoms with van der Waals surface area (Å²) in [6.45, 7) is 8.92. The first-order valence-corrected chi connectivity index (χ1v) is 9.58. The summed E-state index contributed by atoms with van der Waals surface area (Å²) in [6.07, 6.45) is 6.68. The van der Waals surface area contributed by atoms with Gasteiger partial charge in [0.15, 0.2) is 5.96 Å². The summed E-state index contributed by atoms with van der Waals surface area (Å²) in [5.74, 6) is 1.65. The summed E-state index contributed by atoms with van der Waals surface area (Å²) < 4.78 is 10.7. The first-order valence-electron chi connectivity index (χ1n) is 9.58. The molecule has 6 heteroatoms. The van der Waals surface area contributed by atoms with Crippen LogP contribution in [0.25, 0.3) is 0 Å². The van der Waals surface area contributed by atoms with Crippen LogP contribution in [-0.4, -0.2) is 89.0 Å². The van der Waals surface area contributed by atoms with Crippen molar-refractivity contribution < 1.29 is 9.47 Å². The summed E-state index contributed by atoms with van der Waals surface area (Å²) in [7, 11) is 3.60. The van der Waals surface area contributed by atoms with Gasteiger partial charge in [0.2, 0.25) is 0 Å². The fraction of sp³-hybridized carbons (Fsp3) is 0.944.